The maximum atomic E-state index is 5.90. The summed E-state index contributed by atoms with van der Waals surface area (Å²) in [6, 6.07) is 0.443. The minimum atomic E-state index is 0.169. The third kappa shape index (κ3) is 4.72. The van der Waals surface area contributed by atoms with Crippen molar-refractivity contribution in [3.63, 3.8) is 0 Å². The van der Waals surface area contributed by atoms with Crippen molar-refractivity contribution >= 4 is 0 Å². The molecule has 0 radical (unpaired) electrons. The van der Waals surface area contributed by atoms with E-state index < -0.39 is 0 Å². The van der Waals surface area contributed by atoms with E-state index in [2.05, 4.69) is 43.0 Å². The van der Waals surface area contributed by atoms with E-state index in [0.29, 0.717) is 11.9 Å². The summed E-state index contributed by atoms with van der Waals surface area (Å²) in [5, 5.41) is 3.31. The molecule has 0 spiro atoms. The van der Waals surface area contributed by atoms with Gasteiger partial charge in [0.1, 0.15) is 6.10 Å². The molecule has 1 fully saturated rings. The fraction of sp³-hybridized carbons (Fsp3) is 0.733. The number of rotatable bonds is 5. The first-order valence-electron chi connectivity index (χ1n) is 7.39. The fourth-order valence-corrected chi connectivity index (χ4v) is 2.42. The molecule has 2 unspecified atom stereocenters. The molecular formula is C15H25N3O2. The van der Waals surface area contributed by atoms with E-state index in [4.69, 9.17) is 9.47 Å². The molecular weight excluding hydrogens is 254 g/mol. The first-order valence-corrected chi connectivity index (χ1v) is 7.39. The Morgan fingerprint density at radius 3 is 2.50 bits per heavy atom. The van der Waals surface area contributed by atoms with Crippen LogP contribution in [-0.2, 0) is 11.3 Å². The lowest BCUT2D eigenvalue weighted by molar-refractivity contribution is -0.0730. The van der Waals surface area contributed by atoms with Crippen molar-refractivity contribution in [2.24, 2.45) is 0 Å². The highest BCUT2D eigenvalue weighted by Crippen LogP contribution is 2.22. The average Bonchev–Trinajstić information content (AvgIpc) is 2.36. The molecule has 5 nitrogen and oxygen atoms in total. The van der Waals surface area contributed by atoms with E-state index in [-0.39, 0.29) is 18.3 Å². The van der Waals surface area contributed by atoms with Gasteiger partial charge in [0.15, 0.2) is 0 Å². The number of aromatic nitrogens is 2. The zero-order chi connectivity index (χ0) is 14.5. The van der Waals surface area contributed by atoms with Crippen LogP contribution in [0.1, 0.15) is 46.2 Å². The SMILES string of the molecule is CC(C)NCc1cnc(OC2CC(C)OC(C)C2)cn1. The van der Waals surface area contributed by atoms with Crippen molar-refractivity contribution in [2.45, 2.75) is 71.4 Å². The Kier molecular flexibility index (Phi) is 5.31. The molecule has 2 atom stereocenters. The van der Waals surface area contributed by atoms with E-state index in [1.54, 1.807) is 12.4 Å². The van der Waals surface area contributed by atoms with Gasteiger partial charge in [0.25, 0.3) is 0 Å². The van der Waals surface area contributed by atoms with E-state index in [1.165, 1.54) is 0 Å². The van der Waals surface area contributed by atoms with Gasteiger partial charge >= 0.3 is 0 Å². The molecule has 112 valence electrons. The van der Waals surface area contributed by atoms with Crippen LogP contribution < -0.4 is 10.1 Å². The van der Waals surface area contributed by atoms with Crippen LogP contribution in [0.2, 0.25) is 0 Å². The van der Waals surface area contributed by atoms with Gasteiger partial charge < -0.3 is 14.8 Å². The highest BCUT2D eigenvalue weighted by atomic mass is 16.5. The second-order valence-corrected chi connectivity index (χ2v) is 5.85. The minimum absolute atomic E-state index is 0.169. The van der Waals surface area contributed by atoms with E-state index >= 15 is 0 Å². The molecule has 0 saturated carbocycles. The summed E-state index contributed by atoms with van der Waals surface area (Å²) >= 11 is 0. The summed E-state index contributed by atoms with van der Waals surface area (Å²) in [5.74, 6) is 0.601. The predicted octanol–water partition coefficient (Wildman–Crippen LogP) is 2.31. The van der Waals surface area contributed by atoms with Crippen molar-refractivity contribution in [3.8, 4) is 5.88 Å². The maximum absolute atomic E-state index is 5.90. The van der Waals surface area contributed by atoms with Crippen LogP contribution in [0, 0.1) is 0 Å². The van der Waals surface area contributed by atoms with Gasteiger partial charge in [-0.1, -0.05) is 13.8 Å². The molecule has 2 rings (SSSR count). The van der Waals surface area contributed by atoms with Crippen LogP contribution in [0.25, 0.3) is 0 Å². The van der Waals surface area contributed by atoms with E-state index in [1.807, 2.05) is 0 Å². The zero-order valence-corrected chi connectivity index (χ0v) is 12.8. The van der Waals surface area contributed by atoms with Crippen molar-refractivity contribution in [3.05, 3.63) is 18.1 Å². The molecule has 1 aliphatic rings. The number of hydrogen-bond donors (Lipinski definition) is 1. The summed E-state index contributed by atoms with van der Waals surface area (Å²) in [5.41, 5.74) is 0.930. The Morgan fingerprint density at radius 1 is 1.25 bits per heavy atom. The Morgan fingerprint density at radius 2 is 1.95 bits per heavy atom. The van der Waals surface area contributed by atoms with Gasteiger partial charge in [-0.3, -0.25) is 4.98 Å². The minimum Gasteiger partial charge on any atom is -0.473 e. The van der Waals surface area contributed by atoms with Gasteiger partial charge in [-0.25, -0.2) is 4.98 Å². The summed E-state index contributed by atoms with van der Waals surface area (Å²) in [6.07, 6.45) is 5.95. The number of hydrogen-bond acceptors (Lipinski definition) is 5. The fourth-order valence-electron chi connectivity index (χ4n) is 2.42. The molecule has 20 heavy (non-hydrogen) atoms. The highest BCUT2D eigenvalue weighted by Gasteiger charge is 2.26. The normalized spacial score (nSPS) is 26.8. The van der Waals surface area contributed by atoms with E-state index in [0.717, 1.165) is 25.1 Å². The third-order valence-corrected chi connectivity index (χ3v) is 3.31. The largest absolute Gasteiger partial charge is 0.473 e. The van der Waals surface area contributed by atoms with Crippen molar-refractivity contribution < 1.29 is 9.47 Å². The molecule has 1 N–H and O–H groups in total. The van der Waals surface area contributed by atoms with Gasteiger partial charge in [0.05, 0.1) is 30.3 Å². The zero-order valence-electron chi connectivity index (χ0n) is 12.8. The number of nitrogens with one attached hydrogen (secondary N) is 1. The van der Waals surface area contributed by atoms with Crippen LogP contribution in [0.5, 0.6) is 5.88 Å². The van der Waals surface area contributed by atoms with Crippen molar-refractivity contribution in [1.29, 1.82) is 0 Å². The molecule has 1 aliphatic heterocycles. The first kappa shape index (κ1) is 15.2. The molecule has 5 heteroatoms. The maximum Gasteiger partial charge on any atom is 0.232 e. The van der Waals surface area contributed by atoms with Crippen LogP contribution in [-0.4, -0.2) is 34.3 Å². The molecule has 0 aromatic carbocycles. The molecule has 1 aromatic rings. The first-order chi connectivity index (χ1) is 9.52. The van der Waals surface area contributed by atoms with Gasteiger partial charge in [0.2, 0.25) is 5.88 Å². The average molecular weight is 279 g/mol. The lowest BCUT2D eigenvalue weighted by Crippen LogP contribution is -2.35. The Balaban J connectivity index is 1.87. The van der Waals surface area contributed by atoms with Crippen LogP contribution in [0.15, 0.2) is 12.4 Å². The topological polar surface area (TPSA) is 56.3 Å². The van der Waals surface area contributed by atoms with Gasteiger partial charge in [-0.15, -0.1) is 0 Å². The Labute approximate surface area is 121 Å². The second-order valence-electron chi connectivity index (χ2n) is 5.85. The van der Waals surface area contributed by atoms with Gasteiger partial charge in [-0.2, -0.15) is 0 Å². The van der Waals surface area contributed by atoms with Crippen molar-refractivity contribution in [1.82, 2.24) is 15.3 Å². The van der Waals surface area contributed by atoms with E-state index in [9.17, 15) is 0 Å². The molecule has 0 aliphatic carbocycles. The van der Waals surface area contributed by atoms with Crippen LogP contribution in [0.4, 0.5) is 0 Å². The van der Waals surface area contributed by atoms with Gasteiger partial charge in [-0.05, 0) is 13.8 Å². The summed E-state index contributed by atoms with van der Waals surface area (Å²) < 4.78 is 11.6. The molecule has 0 amide bonds. The standard InChI is InChI=1S/C15H25N3O2/c1-10(2)16-7-13-8-18-15(9-17-13)20-14-5-11(3)19-12(4)6-14/h8-12,14,16H,5-7H2,1-4H3. The Hall–Kier alpha value is -1.20. The molecule has 1 saturated heterocycles. The predicted molar refractivity (Wildman–Crippen MR) is 77.7 cm³/mol. The summed E-state index contributed by atoms with van der Waals surface area (Å²) in [6.45, 7) is 9.11. The summed E-state index contributed by atoms with van der Waals surface area (Å²) in [7, 11) is 0. The van der Waals surface area contributed by atoms with Crippen molar-refractivity contribution in [2.75, 3.05) is 0 Å². The highest BCUT2D eigenvalue weighted by molar-refractivity contribution is 5.08. The third-order valence-electron chi connectivity index (χ3n) is 3.31. The number of ether oxygens (including phenoxy) is 2. The quantitative estimate of drug-likeness (QED) is 0.896. The molecule has 1 aromatic heterocycles. The lowest BCUT2D eigenvalue weighted by Gasteiger charge is -2.31. The van der Waals surface area contributed by atoms with Crippen LogP contribution >= 0.6 is 0 Å². The lowest BCUT2D eigenvalue weighted by atomic mass is 10.0. The number of nitrogens with zero attached hydrogens (tertiary/aromatic N) is 2. The summed E-state index contributed by atoms with van der Waals surface area (Å²) in [4.78, 5) is 8.71. The van der Waals surface area contributed by atoms with Crippen LogP contribution in [0.3, 0.4) is 0 Å². The monoisotopic (exact) mass is 279 g/mol. The Bertz CT molecular complexity index is 398. The second kappa shape index (κ2) is 6.99. The smallest absolute Gasteiger partial charge is 0.232 e. The van der Waals surface area contributed by atoms with Gasteiger partial charge in [0, 0.05) is 25.4 Å². The molecule has 0 bridgehead atoms. The molecule has 2 heterocycles.